The number of alkyl halides is 3. The molecule has 0 unspecified atom stereocenters. The number of aromatic nitrogens is 2. The molecule has 0 bridgehead atoms. The quantitative estimate of drug-likeness (QED) is 0.515. The molecule has 0 saturated carbocycles. The minimum Gasteiger partial charge on any atom is -0.200 e. The molecule has 0 aliphatic heterocycles. The number of halogens is 6. The molecule has 0 fully saturated rings. The Morgan fingerprint density at radius 2 is 1.54 bits per heavy atom. The second kappa shape index (κ2) is 7.47. The smallest absolute Gasteiger partial charge is 0.200 e. The van der Waals surface area contributed by atoms with Crippen molar-refractivity contribution in [3.05, 3.63) is 69.3 Å². The molecule has 0 spiro atoms. The van der Waals surface area contributed by atoms with Gasteiger partial charge in [-0.05, 0) is 30.3 Å². The number of benzene rings is 2. The molecule has 0 radical (unpaired) electrons. The number of nitrogens with zero attached hydrogens (tertiary/aromatic N) is 2. The number of sulfonamides is 1. The van der Waals surface area contributed by atoms with Crippen LogP contribution in [0.25, 0.3) is 11.3 Å². The van der Waals surface area contributed by atoms with E-state index in [1.54, 1.807) is 6.07 Å². The molecule has 3 rings (SSSR count). The van der Waals surface area contributed by atoms with E-state index >= 15 is 0 Å². The highest BCUT2D eigenvalue weighted by Crippen LogP contribution is 2.38. The van der Waals surface area contributed by atoms with Crippen LogP contribution < -0.4 is 4.83 Å². The molecular weight excluding hydrogens is 462 g/mol. The second-order valence-electron chi connectivity index (χ2n) is 5.48. The van der Waals surface area contributed by atoms with Gasteiger partial charge in [0.1, 0.15) is 0 Å². The summed E-state index contributed by atoms with van der Waals surface area (Å²) in [5, 5.41) is 3.40. The Kier molecular flexibility index (Phi) is 5.55. The molecule has 5 nitrogen and oxygen atoms in total. The number of nitrogens with one attached hydrogen (secondary N) is 1. The summed E-state index contributed by atoms with van der Waals surface area (Å²) in [6.45, 7) is 0. The predicted molar refractivity (Wildman–Crippen MR) is 101 cm³/mol. The zero-order chi connectivity index (χ0) is 20.7. The lowest BCUT2D eigenvalue weighted by Crippen LogP contribution is -2.25. The van der Waals surface area contributed by atoms with E-state index < -0.39 is 21.9 Å². The van der Waals surface area contributed by atoms with Gasteiger partial charge in [-0.3, -0.25) is 0 Å². The Morgan fingerprint density at radius 3 is 2.14 bits per heavy atom. The van der Waals surface area contributed by atoms with E-state index in [9.17, 15) is 21.6 Å². The Balaban J connectivity index is 2.16. The van der Waals surface area contributed by atoms with Crippen LogP contribution in [-0.4, -0.2) is 18.3 Å². The van der Waals surface area contributed by atoms with Gasteiger partial charge in [-0.25, -0.2) is 0 Å². The van der Waals surface area contributed by atoms with Gasteiger partial charge < -0.3 is 0 Å². The molecule has 1 aromatic heterocycles. The standard InChI is InChI=1S/C16H9Cl3F3N3O2S/c17-11-7-13(19)12(18)6-10(11)14-8-15(16(20,21)22)23-25(14)24-28(26,27)9-4-2-1-3-5-9/h1-8,24H. The molecule has 148 valence electrons. The highest BCUT2D eigenvalue weighted by molar-refractivity contribution is 7.92. The van der Waals surface area contributed by atoms with Crippen LogP contribution in [0.2, 0.25) is 15.1 Å². The highest BCUT2D eigenvalue weighted by Gasteiger charge is 2.36. The van der Waals surface area contributed by atoms with Crippen molar-refractivity contribution in [3.63, 3.8) is 0 Å². The molecule has 0 atom stereocenters. The second-order valence-corrected chi connectivity index (χ2v) is 8.36. The van der Waals surface area contributed by atoms with Gasteiger partial charge in [-0.1, -0.05) is 53.0 Å². The average molecular weight is 471 g/mol. The number of rotatable bonds is 4. The van der Waals surface area contributed by atoms with Crippen LogP contribution in [0.5, 0.6) is 0 Å². The number of hydrogen-bond acceptors (Lipinski definition) is 3. The summed E-state index contributed by atoms with van der Waals surface area (Å²) in [6.07, 6.45) is -4.82. The van der Waals surface area contributed by atoms with Crippen LogP contribution in [0.15, 0.2) is 53.4 Å². The summed E-state index contributed by atoms with van der Waals surface area (Å²) in [5.41, 5.74) is -1.58. The van der Waals surface area contributed by atoms with Gasteiger partial charge in [0, 0.05) is 5.56 Å². The average Bonchev–Trinajstić information content (AvgIpc) is 3.02. The van der Waals surface area contributed by atoms with Gasteiger partial charge in [-0.2, -0.15) is 31.2 Å². The van der Waals surface area contributed by atoms with Gasteiger partial charge in [0.05, 0.1) is 25.7 Å². The molecule has 2 aromatic carbocycles. The fourth-order valence-corrected chi connectivity index (χ4v) is 3.90. The molecule has 0 aliphatic rings. The van der Waals surface area contributed by atoms with Crippen molar-refractivity contribution in [2.75, 3.05) is 4.83 Å². The van der Waals surface area contributed by atoms with Crippen LogP contribution in [-0.2, 0) is 16.2 Å². The highest BCUT2D eigenvalue weighted by atomic mass is 35.5. The fourth-order valence-electron chi connectivity index (χ4n) is 2.27. The first kappa shape index (κ1) is 20.8. The molecule has 28 heavy (non-hydrogen) atoms. The van der Waals surface area contributed by atoms with Crippen molar-refractivity contribution >= 4 is 44.8 Å². The van der Waals surface area contributed by atoms with Crippen molar-refractivity contribution < 1.29 is 21.6 Å². The first-order valence-corrected chi connectivity index (χ1v) is 10.0. The minimum absolute atomic E-state index is 0.00910. The maximum Gasteiger partial charge on any atom is 0.435 e. The van der Waals surface area contributed by atoms with Crippen LogP contribution in [0.4, 0.5) is 13.2 Å². The molecular formula is C16H9Cl3F3N3O2S. The summed E-state index contributed by atoms with van der Waals surface area (Å²) >= 11 is 17.9. The zero-order valence-corrected chi connectivity index (χ0v) is 16.6. The van der Waals surface area contributed by atoms with E-state index in [0.29, 0.717) is 10.9 Å². The summed E-state index contributed by atoms with van der Waals surface area (Å²) in [6, 6.07) is 10.2. The van der Waals surface area contributed by atoms with E-state index in [0.717, 1.165) is 0 Å². The van der Waals surface area contributed by atoms with E-state index in [1.807, 2.05) is 4.83 Å². The summed E-state index contributed by atoms with van der Waals surface area (Å²) < 4.78 is 64.5. The monoisotopic (exact) mass is 469 g/mol. The van der Waals surface area contributed by atoms with Crippen LogP contribution in [0.1, 0.15) is 5.69 Å². The first-order valence-electron chi connectivity index (χ1n) is 7.39. The van der Waals surface area contributed by atoms with Crippen LogP contribution in [0.3, 0.4) is 0 Å². The third-order valence-electron chi connectivity index (χ3n) is 3.55. The van der Waals surface area contributed by atoms with Crippen molar-refractivity contribution in [3.8, 4) is 11.3 Å². The van der Waals surface area contributed by atoms with Crippen molar-refractivity contribution in [1.29, 1.82) is 0 Å². The van der Waals surface area contributed by atoms with Crippen LogP contribution >= 0.6 is 34.8 Å². The normalized spacial score (nSPS) is 12.2. The Hall–Kier alpha value is -1.94. The zero-order valence-electron chi connectivity index (χ0n) is 13.5. The molecule has 0 saturated heterocycles. The van der Waals surface area contributed by atoms with Crippen molar-refractivity contribution in [2.45, 2.75) is 11.1 Å². The van der Waals surface area contributed by atoms with Gasteiger partial charge >= 0.3 is 6.18 Å². The maximum atomic E-state index is 13.2. The molecule has 0 amide bonds. The molecule has 1 N–H and O–H groups in total. The van der Waals surface area contributed by atoms with E-state index in [1.165, 1.54) is 36.4 Å². The van der Waals surface area contributed by atoms with Gasteiger partial charge in [0.15, 0.2) is 5.69 Å². The van der Waals surface area contributed by atoms with Crippen molar-refractivity contribution in [1.82, 2.24) is 9.89 Å². The van der Waals surface area contributed by atoms with Gasteiger partial charge in [-0.15, -0.1) is 5.10 Å². The summed E-state index contributed by atoms with van der Waals surface area (Å²) in [4.78, 5) is 2.32. The van der Waals surface area contributed by atoms with E-state index in [-0.39, 0.29) is 31.2 Å². The lowest BCUT2D eigenvalue weighted by atomic mass is 10.1. The third kappa shape index (κ3) is 4.22. The van der Waals surface area contributed by atoms with Crippen LogP contribution in [0, 0.1) is 0 Å². The van der Waals surface area contributed by atoms with Crippen molar-refractivity contribution in [2.24, 2.45) is 0 Å². The third-order valence-corrected chi connectivity index (χ3v) is 5.89. The lowest BCUT2D eigenvalue weighted by molar-refractivity contribution is -0.141. The summed E-state index contributed by atoms with van der Waals surface area (Å²) in [7, 11) is -4.23. The predicted octanol–water partition coefficient (Wildman–Crippen LogP) is 5.46. The Labute approximate surface area is 172 Å². The van der Waals surface area contributed by atoms with E-state index in [4.69, 9.17) is 34.8 Å². The largest absolute Gasteiger partial charge is 0.435 e. The Bertz CT molecular complexity index is 1130. The lowest BCUT2D eigenvalue weighted by Gasteiger charge is -2.12. The van der Waals surface area contributed by atoms with E-state index in [2.05, 4.69) is 5.10 Å². The molecule has 1 heterocycles. The fraction of sp³-hybridized carbons (Fsp3) is 0.0625. The summed E-state index contributed by atoms with van der Waals surface area (Å²) in [5.74, 6) is 0. The topological polar surface area (TPSA) is 64.0 Å². The Morgan fingerprint density at radius 1 is 0.929 bits per heavy atom. The molecule has 3 aromatic rings. The number of hydrogen-bond donors (Lipinski definition) is 1. The SMILES string of the molecule is O=S(=O)(Nn1nc(C(F)(F)F)cc1-c1cc(Cl)c(Cl)cc1Cl)c1ccccc1. The van der Waals surface area contributed by atoms with Gasteiger partial charge in [0.2, 0.25) is 0 Å². The van der Waals surface area contributed by atoms with Gasteiger partial charge in [0.25, 0.3) is 10.0 Å². The molecule has 12 heteroatoms. The molecule has 0 aliphatic carbocycles. The maximum absolute atomic E-state index is 13.2. The first-order chi connectivity index (χ1) is 13.0. The minimum atomic E-state index is -4.82.